The Morgan fingerprint density at radius 1 is 1.17 bits per heavy atom. The number of aliphatic hydroxyl groups is 1. The molecule has 1 aliphatic rings. The molecular weight excluding hydrogens is 368 g/mol. The van der Waals surface area contributed by atoms with Gasteiger partial charge in [-0.3, -0.25) is 9.69 Å². The Labute approximate surface area is 173 Å². The van der Waals surface area contributed by atoms with Gasteiger partial charge in [-0.25, -0.2) is 0 Å². The lowest BCUT2D eigenvalue weighted by Crippen LogP contribution is -2.44. The molecule has 1 heterocycles. The molecule has 29 heavy (non-hydrogen) atoms. The van der Waals surface area contributed by atoms with E-state index in [4.69, 9.17) is 9.15 Å². The van der Waals surface area contributed by atoms with Crippen LogP contribution in [0.15, 0.2) is 40.8 Å². The van der Waals surface area contributed by atoms with Gasteiger partial charge in [-0.15, -0.1) is 0 Å². The molecule has 1 aromatic carbocycles. The first-order chi connectivity index (χ1) is 13.9. The summed E-state index contributed by atoms with van der Waals surface area (Å²) in [5.74, 6) is 2.52. The zero-order valence-electron chi connectivity index (χ0n) is 17.6. The van der Waals surface area contributed by atoms with Crippen LogP contribution in [0.4, 0.5) is 0 Å². The van der Waals surface area contributed by atoms with E-state index in [1.807, 2.05) is 44.3 Å². The molecule has 0 unspecified atom stereocenters. The van der Waals surface area contributed by atoms with E-state index in [9.17, 15) is 9.90 Å². The van der Waals surface area contributed by atoms with Gasteiger partial charge in [0.05, 0.1) is 26.3 Å². The van der Waals surface area contributed by atoms with Crippen LogP contribution in [0.1, 0.15) is 42.8 Å². The lowest BCUT2D eigenvalue weighted by molar-refractivity contribution is -0.133. The topological polar surface area (TPSA) is 66.2 Å². The third kappa shape index (κ3) is 6.08. The molecule has 158 valence electrons. The van der Waals surface area contributed by atoms with Crippen molar-refractivity contribution < 1.29 is 19.1 Å². The molecule has 1 amide bonds. The molecule has 1 N–H and O–H groups in total. The number of amides is 1. The number of rotatable bonds is 8. The van der Waals surface area contributed by atoms with Gasteiger partial charge in [0.25, 0.3) is 0 Å². The predicted octanol–water partition coefficient (Wildman–Crippen LogP) is 3.36. The summed E-state index contributed by atoms with van der Waals surface area (Å²) in [7, 11) is 3.47. The quantitative estimate of drug-likeness (QED) is 0.736. The van der Waals surface area contributed by atoms with Crippen LogP contribution in [0.5, 0.6) is 5.75 Å². The normalized spacial score (nSPS) is 19.3. The first kappa shape index (κ1) is 21.4. The lowest BCUT2D eigenvalue weighted by atomic mass is 9.91. The third-order valence-corrected chi connectivity index (χ3v) is 5.66. The van der Waals surface area contributed by atoms with Crippen molar-refractivity contribution >= 4 is 5.91 Å². The van der Waals surface area contributed by atoms with Crippen molar-refractivity contribution in [2.75, 3.05) is 20.7 Å². The van der Waals surface area contributed by atoms with Crippen molar-refractivity contribution in [3.8, 4) is 5.75 Å². The van der Waals surface area contributed by atoms with Crippen molar-refractivity contribution in [3.05, 3.63) is 53.5 Å². The summed E-state index contributed by atoms with van der Waals surface area (Å²) in [5.41, 5.74) is 1.12. The minimum atomic E-state index is -0.217. The van der Waals surface area contributed by atoms with Crippen molar-refractivity contribution in [2.45, 2.75) is 57.8 Å². The number of methoxy groups -OCH3 is 1. The zero-order chi connectivity index (χ0) is 20.8. The van der Waals surface area contributed by atoms with Gasteiger partial charge in [0.15, 0.2) is 0 Å². The van der Waals surface area contributed by atoms with Crippen LogP contribution in [0, 0.1) is 6.92 Å². The van der Waals surface area contributed by atoms with Crippen LogP contribution < -0.4 is 4.74 Å². The molecule has 6 nitrogen and oxygen atoms in total. The summed E-state index contributed by atoms with van der Waals surface area (Å²) in [5, 5.41) is 9.88. The Balaban J connectivity index is 1.68. The maximum Gasteiger partial charge on any atom is 0.236 e. The van der Waals surface area contributed by atoms with Gasteiger partial charge in [-0.1, -0.05) is 12.1 Å². The van der Waals surface area contributed by atoms with Gasteiger partial charge in [0.2, 0.25) is 5.91 Å². The smallest absolute Gasteiger partial charge is 0.236 e. The van der Waals surface area contributed by atoms with E-state index in [2.05, 4.69) is 11.0 Å². The Morgan fingerprint density at radius 3 is 2.59 bits per heavy atom. The molecule has 1 saturated carbocycles. The molecule has 1 fully saturated rings. The summed E-state index contributed by atoms with van der Waals surface area (Å²) in [6, 6.07) is 12.1. The van der Waals surface area contributed by atoms with E-state index in [1.54, 1.807) is 12.0 Å². The highest BCUT2D eigenvalue weighted by molar-refractivity contribution is 5.78. The number of likely N-dealkylation sites (N-methyl/N-ethyl adjacent to an activating group) is 1. The second kappa shape index (κ2) is 9.94. The van der Waals surface area contributed by atoms with Crippen LogP contribution in [0.25, 0.3) is 0 Å². The molecule has 2 aromatic rings. The fourth-order valence-corrected chi connectivity index (χ4v) is 3.93. The number of aliphatic hydroxyl groups excluding tert-OH is 1. The van der Waals surface area contributed by atoms with Crippen LogP contribution in [-0.4, -0.2) is 53.7 Å². The molecule has 0 radical (unpaired) electrons. The van der Waals surface area contributed by atoms with Crippen molar-refractivity contribution in [3.63, 3.8) is 0 Å². The van der Waals surface area contributed by atoms with Gasteiger partial charge >= 0.3 is 0 Å². The first-order valence-corrected chi connectivity index (χ1v) is 10.3. The van der Waals surface area contributed by atoms with E-state index in [0.29, 0.717) is 19.6 Å². The van der Waals surface area contributed by atoms with Crippen LogP contribution in [-0.2, 0) is 17.9 Å². The van der Waals surface area contributed by atoms with Crippen molar-refractivity contribution in [1.29, 1.82) is 0 Å². The number of ether oxygens (including phenoxy) is 1. The van der Waals surface area contributed by atoms with Crippen molar-refractivity contribution in [1.82, 2.24) is 9.80 Å². The molecule has 0 spiro atoms. The van der Waals surface area contributed by atoms with E-state index in [-0.39, 0.29) is 18.1 Å². The number of aryl methyl sites for hydroxylation is 1. The number of furan rings is 1. The highest BCUT2D eigenvalue weighted by Gasteiger charge is 2.27. The first-order valence-electron chi connectivity index (χ1n) is 10.3. The summed E-state index contributed by atoms with van der Waals surface area (Å²) < 4.78 is 11.0. The highest BCUT2D eigenvalue weighted by Crippen LogP contribution is 2.25. The fraction of sp³-hybridized carbons (Fsp3) is 0.522. The second-order valence-electron chi connectivity index (χ2n) is 7.98. The molecule has 1 aromatic heterocycles. The molecule has 0 bridgehead atoms. The van der Waals surface area contributed by atoms with Gasteiger partial charge in [0.1, 0.15) is 17.3 Å². The monoisotopic (exact) mass is 400 g/mol. The second-order valence-corrected chi connectivity index (χ2v) is 7.98. The van der Waals surface area contributed by atoms with E-state index < -0.39 is 0 Å². The predicted molar refractivity (Wildman–Crippen MR) is 112 cm³/mol. The van der Waals surface area contributed by atoms with Gasteiger partial charge in [0, 0.05) is 19.6 Å². The van der Waals surface area contributed by atoms with Gasteiger partial charge in [-0.2, -0.15) is 0 Å². The summed E-state index contributed by atoms with van der Waals surface area (Å²) in [6.07, 6.45) is 3.16. The number of nitrogens with zero attached hydrogens (tertiary/aromatic N) is 2. The SMILES string of the molecule is COc1cccc(CN(CC(=O)N(C)Cc2ccc(C)o2)C2CCC(O)CC2)c1. The van der Waals surface area contributed by atoms with Crippen molar-refractivity contribution in [2.24, 2.45) is 0 Å². The maximum absolute atomic E-state index is 13.0. The number of hydrogen-bond acceptors (Lipinski definition) is 5. The number of benzene rings is 1. The Morgan fingerprint density at radius 2 is 1.93 bits per heavy atom. The average Bonchev–Trinajstić information content (AvgIpc) is 3.12. The molecule has 0 aliphatic heterocycles. The van der Waals surface area contributed by atoms with Crippen LogP contribution in [0.3, 0.4) is 0 Å². The molecule has 1 aliphatic carbocycles. The standard InChI is InChI=1S/C23H32N2O4/c1-17-7-12-22(29-17)15-24(2)23(27)16-25(19-8-10-20(26)11-9-19)14-18-5-4-6-21(13-18)28-3/h4-7,12-13,19-20,26H,8-11,14-16H2,1-3H3. The average molecular weight is 401 g/mol. The molecule has 0 atom stereocenters. The largest absolute Gasteiger partial charge is 0.497 e. The maximum atomic E-state index is 13.0. The lowest BCUT2D eigenvalue weighted by Gasteiger charge is -2.36. The summed E-state index contributed by atoms with van der Waals surface area (Å²) >= 11 is 0. The van der Waals surface area contributed by atoms with Crippen LogP contribution in [0.2, 0.25) is 0 Å². The molecule has 3 rings (SSSR count). The molecular formula is C23H32N2O4. The number of hydrogen-bond donors (Lipinski definition) is 1. The molecule has 0 saturated heterocycles. The molecule has 6 heteroatoms. The third-order valence-electron chi connectivity index (χ3n) is 5.66. The van der Waals surface area contributed by atoms with E-state index in [0.717, 1.165) is 48.5 Å². The Bertz CT molecular complexity index is 796. The minimum absolute atomic E-state index is 0.0630. The minimum Gasteiger partial charge on any atom is -0.497 e. The van der Waals surface area contributed by atoms with Crippen LogP contribution >= 0.6 is 0 Å². The number of carbonyl (C=O) groups excluding carboxylic acids is 1. The van der Waals surface area contributed by atoms with E-state index >= 15 is 0 Å². The fourth-order valence-electron chi connectivity index (χ4n) is 3.93. The van der Waals surface area contributed by atoms with Gasteiger partial charge in [-0.05, 0) is 62.4 Å². The Hall–Kier alpha value is -2.31. The van der Waals surface area contributed by atoms with E-state index in [1.165, 1.54) is 0 Å². The van der Waals surface area contributed by atoms with Gasteiger partial charge < -0.3 is 19.2 Å². The summed E-state index contributed by atoms with van der Waals surface area (Å²) in [6.45, 7) is 3.38. The number of carbonyl (C=O) groups is 1. The summed E-state index contributed by atoms with van der Waals surface area (Å²) in [4.78, 5) is 16.9. The zero-order valence-corrected chi connectivity index (χ0v) is 17.6. The highest BCUT2D eigenvalue weighted by atomic mass is 16.5. The Kier molecular flexibility index (Phi) is 7.34.